The first-order valence-corrected chi connectivity index (χ1v) is 10.8. The van der Waals surface area contributed by atoms with Gasteiger partial charge in [-0.1, -0.05) is 18.2 Å². The molecule has 1 aromatic carbocycles. The van der Waals surface area contributed by atoms with Crippen LogP contribution >= 0.6 is 0 Å². The Balaban J connectivity index is 1.49. The van der Waals surface area contributed by atoms with E-state index in [1.807, 2.05) is 36.4 Å². The quantitative estimate of drug-likeness (QED) is 0.495. The highest BCUT2D eigenvalue weighted by atomic mass is 16.2. The summed E-state index contributed by atoms with van der Waals surface area (Å²) in [6, 6.07) is 12.8. The summed E-state index contributed by atoms with van der Waals surface area (Å²) in [6.07, 6.45) is 4.59. The lowest BCUT2D eigenvalue weighted by Gasteiger charge is -2.14. The van der Waals surface area contributed by atoms with Gasteiger partial charge in [-0.3, -0.25) is 14.4 Å². The van der Waals surface area contributed by atoms with Crippen LogP contribution in [0.2, 0.25) is 0 Å². The molecule has 3 aromatic rings. The second kappa shape index (κ2) is 8.30. The van der Waals surface area contributed by atoms with Crippen LogP contribution in [0, 0.1) is 0 Å². The fourth-order valence-corrected chi connectivity index (χ4v) is 4.28. The van der Waals surface area contributed by atoms with Crippen LogP contribution in [0.5, 0.6) is 0 Å². The van der Waals surface area contributed by atoms with Crippen molar-refractivity contribution in [2.75, 3.05) is 10.6 Å². The summed E-state index contributed by atoms with van der Waals surface area (Å²) in [7, 11) is 0. The van der Waals surface area contributed by atoms with E-state index in [9.17, 15) is 14.4 Å². The van der Waals surface area contributed by atoms with Crippen molar-refractivity contribution in [3.63, 3.8) is 0 Å². The first kappa shape index (κ1) is 20.0. The molecule has 1 saturated heterocycles. The van der Waals surface area contributed by atoms with Gasteiger partial charge >= 0.3 is 0 Å². The molecule has 3 heterocycles. The average Bonchev–Trinajstić information content (AvgIpc) is 3.39. The van der Waals surface area contributed by atoms with Crippen LogP contribution in [0.25, 0.3) is 11.3 Å². The second-order valence-electron chi connectivity index (χ2n) is 8.07. The molecule has 162 valence electrons. The van der Waals surface area contributed by atoms with Gasteiger partial charge in [0.25, 0.3) is 0 Å². The van der Waals surface area contributed by atoms with Gasteiger partial charge in [-0.15, -0.1) is 0 Å². The maximum atomic E-state index is 12.8. The van der Waals surface area contributed by atoms with Gasteiger partial charge in [0.2, 0.25) is 11.8 Å². The zero-order chi connectivity index (χ0) is 22.1. The van der Waals surface area contributed by atoms with E-state index in [2.05, 4.69) is 25.9 Å². The Morgan fingerprint density at radius 3 is 2.69 bits per heavy atom. The van der Waals surface area contributed by atoms with E-state index in [4.69, 9.17) is 0 Å². The number of benzene rings is 1. The van der Waals surface area contributed by atoms with Crippen LogP contribution < -0.4 is 16.0 Å². The molecule has 0 radical (unpaired) electrons. The molecular weight excluding hydrogens is 406 g/mol. The predicted molar refractivity (Wildman–Crippen MR) is 121 cm³/mol. The Hall–Kier alpha value is -3.94. The minimum Gasteiger partial charge on any atom is -0.356 e. The number of carbonyl (C=O) groups is 3. The van der Waals surface area contributed by atoms with Crippen molar-refractivity contribution in [2.45, 2.75) is 38.1 Å². The molecule has 2 aromatic heterocycles. The SMILES string of the molecule is O=C1CCC(C(=O)Nc2cc(-c3[nH]c4c(c3Nc3ccccc3)C(=O)CCC4)ccn2)N1. The van der Waals surface area contributed by atoms with E-state index in [1.54, 1.807) is 12.3 Å². The standard InChI is InChI=1S/C24H23N5O3/c30-18-8-4-7-16-21(18)23(26-15-5-2-1-3-6-15)22(28-16)14-11-12-25-19(13-14)29-24(32)17-9-10-20(31)27-17/h1-3,5-6,11-13,17,26,28H,4,7-10H2,(H,27,31)(H,25,29,32). The second-order valence-corrected chi connectivity index (χ2v) is 8.07. The lowest BCUT2D eigenvalue weighted by molar-refractivity contribution is -0.122. The van der Waals surface area contributed by atoms with Gasteiger partial charge in [0.15, 0.2) is 5.78 Å². The van der Waals surface area contributed by atoms with E-state index in [0.717, 1.165) is 41.2 Å². The van der Waals surface area contributed by atoms with Crippen molar-refractivity contribution in [1.82, 2.24) is 15.3 Å². The summed E-state index contributed by atoms with van der Waals surface area (Å²) in [6.45, 7) is 0. The fraction of sp³-hybridized carbons (Fsp3) is 0.250. The van der Waals surface area contributed by atoms with E-state index < -0.39 is 6.04 Å². The smallest absolute Gasteiger partial charge is 0.248 e. The normalized spacial score (nSPS) is 17.6. The third-order valence-electron chi connectivity index (χ3n) is 5.84. The number of H-pyrrole nitrogens is 1. The lowest BCUT2D eigenvalue weighted by atomic mass is 9.95. The highest BCUT2D eigenvalue weighted by Gasteiger charge is 2.29. The topological polar surface area (TPSA) is 116 Å². The number of nitrogens with one attached hydrogen (secondary N) is 4. The van der Waals surface area contributed by atoms with Crippen molar-refractivity contribution in [3.05, 3.63) is 59.9 Å². The molecule has 8 nitrogen and oxygen atoms in total. The Kier molecular flexibility index (Phi) is 5.18. The number of carbonyl (C=O) groups excluding carboxylic acids is 3. The minimum absolute atomic E-state index is 0.117. The van der Waals surface area contributed by atoms with E-state index in [1.165, 1.54) is 0 Å². The average molecular weight is 429 g/mol. The summed E-state index contributed by atoms with van der Waals surface area (Å²) < 4.78 is 0. The maximum absolute atomic E-state index is 12.8. The highest BCUT2D eigenvalue weighted by molar-refractivity contribution is 6.07. The van der Waals surface area contributed by atoms with Crippen LogP contribution in [-0.2, 0) is 16.0 Å². The summed E-state index contributed by atoms with van der Waals surface area (Å²) in [4.78, 5) is 44.4. The number of Topliss-reactive ketones (excluding diaryl/α,β-unsaturated/α-hetero) is 1. The molecule has 0 bridgehead atoms. The number of rotatable bonds is 5. The number of hydrogen-bond donors (Lipinski definition) is 4. The number of aryl methyl sites for hydroxylation is 1. The number of ketones is 1. The molecule has 1 aliphatic heterocycles. The highest BCUT2D eigenvalue weighted by Crippen LogP contribution is 2.39. The van der Waals surface area contributed by atoms with Crippen LogP contribution in [-0.4, -0.2) is 33.6 Å². The number of aromatic nitrogens is 2. The molecule has 2 amide bonds. The van der Waals surface area contributed by atoms with Gasteiger partial charge in [0.05, 0.1) is 16.9 Å². The van der Waals surface area contributed by atoms with Crippen LogP contribution in [0.4, 0.5) is 17.2 Å². The first-order valence-electron chi connectivity index (χ1n) is 10.8. The molecule has 0 spiro atoms. The third kappa shape index (κ3) is 3.87. The Morgan fingerprint density at radius 2 is 1.91 bits per heavy atom. The Morgan fingerprint density at radius 1 is 1.06 bits per heavy atom. The van der Waals surface area contributed by atoms with Crippen molar-refractivity contribution in [1.29, 1.82) is 0 Å². The van der Waals surface area contributed by atoms with Crippen molar-refractivity contribution >= 4 is 34.8 Å². The molecule has 4 N–H and O–H groups in total. The number of amides is 2. The molecule has 1 atom stereocenters. The fourth-order valence-electron chi connectivity index (χ4n) is 4.28. The zero-order valence-corrected chi connectivity index (χ0v) is 17.4. The molecule has 32 heavy (non-hydrogen) atoms. The van der Waals surface area contributed by atoms with E-state index in [-0.39, 0.29) is 17.6 Å². The number of pyridine rings is 1. The molecule has 1 unspecified atom stereocenters. The Bertz CT molecular complexity index is 1200. The Labute approximate surface area is 184 Å². The molecule has 2 aliphatic rings. The molecule has 1 fully saturated rings. The first-order chi connectivity index (χ1) is 15.6. The monoisotopic (exact) mass is 429 g/mol. The lowest BCUT2D eigenvalue weighted by Crippen LogP contribution is -2.37. The summed E-state index contributed by atoms with van der Waals surface area (Å²) in [5.41, 5.74) is 4.82. The van der Waals surface area contributed by atoms with E-state index in [0.29, 0.717) is 30.6 Å². The van der Waals surface area contributed by atoms with Gasteiger partial charge in [-0.25, -0.2) is 4.98 Å². The van der Waals surface area contributed by atoms with Crippen molar-refractivity contribution < 1.29 is 14.4 Å². The maximum Gasteiger partial charge on any atom is 0.248 e. The van der Waals surface area contributed by atoms with Gasteiger partial charge in [-0.05, 0) is 43.5 Å². The number of anilines is 3. The van der Waals surface area contributed by atoms with E-state index >= 15 is 0 Å². The molecule has 1 aliphatic carbocycles. The van der Waals surface area contributed by atoms with Crippen LogP contribution in [0.3, 0.4) is 0 Å². The van der Waals surface area contributed by atoms with Gasteiger partial charge < -0.3 is 20.9 Å². The largest absolute Gasteiger partial charge is 0.356 e. The summed E-state index contributed by atoms with van der Waals surface area (Å²) >= 11 is 0. The number of fused-ring (bicyclic) bond motifs is 1. The number of nitrogens with zero attached hydrogens (tertiary/aromatic N) is 1. The molecule has 8 heteroatoms. The number of aromatic amines is 1. The predicted octanol–water partition coefficient (Wildman–Crippen LogP) is 3.56. The van der Waals surface area contributed by atoms with Crippen molar-refractivity contribution in [2.24, 2.45) is 0 Å². The van der Waals surface area contributed by atoms with Crippen LogP contribution in [0.1, 0.15) is 41.7 Å². The van der Waals surface area contributed by atoms with Crippen molar-refractivity contribution in [3.8, 4) is 11.3 Å². The third-order valence-corrected chi connectivity index (χ3v) is 5.84. The number of hydrogen-bond acceptors (Lipinski definition) is 5. The minimum atomic E-state index is -0.543. The van der Waals surface area contributed by atoms with Gasteiger partial charge in [0, 0.05) is 36.0 Å². The molecule has 0 saturated carbocycles. The summed E-state index contributed by atoms with van der Waals surface area (Å²) in [5, 5.41) is 8.86. The molecule has 5 rings (SSSR count). The summed E-state index contributed by atoms with van der Waals surface area (Å²) in [5.74, 6) is 0.0964. The number of para-hydroxylation sites is 1. The zero-order valence-electron chi connectivity index (χ0n) is 17.4. The van der Waals surface area contributed by atoms with Gasteiger partial charge in [-0.2, -0.15) is 0 Å². The molecular formula is C24H23N5O3. The van der Waals surface area contributed by atoms with Gasteiger partial charge in [0.1, 0.15) is 11.9 Å². The van der Waals surface area contributed by atoms with Crippen LogP contribution in [0.15, 0.2) is 48.7 Å².